The maximum absolute atomic E-state index is 13.0. The van der Waals surface area contributed by atoms with Gasteiger partial charge in [-0.15, -0.1) is 0 Å². The van der Waals surface area contributed by atoms with Crippen LogP contribution in [0.2, 0.25) is 0 Å². The molecule has 160 valence electrons. The molecule has 1 N–H and O–H groups in total. The lowest BCUT2D eigenvalue weighted by molar-refractivity contribution is -0.216. The zero-order valence-electron chi connectivity index (χ0n) is 17.1. The van der Waals surface area contributed by atoms with Gasteiger partial charge in [0.2, 0.25) is 6.40 Å². The molecule has 2 amide bonds. The molecular formula is C20H24N4O6. The van der Waals surface area contributed by atoms with E-state index in [0.717, 1.165) is 22.4 Å². The van der Waals surface area contributed by atoms with E-state index < -0.39 is 0 Å². The normalized spacial score (nSPS) is 13.5. The molecule has 0 atom stereocenters. The molecule has 10 heteroatoms. The van der Waals surface area contributed by atoms with Gasteiger partial charge in [-0.05, 0) is 18.2 Å². The zero-order chi connectivity index (χ0) is 21.5. The summed E-state index contributed by atoms with van der Waals surface area (Å²) in [6.07, 6.45) is 1.13. The van der Waals surface area contributed by atoms with Gasteiger partial charge >= 0.3 is 0 Å². The van der Waals surface area contributed by atoms with Gasteiger partial charge in [0, 0.05) is 43.1 Å². The molecule has 30 heavy (non-hydrogen) atoms. The van der Waals surface area contributed by atoms with Crippen molar-refractivity contribution in [2.24, 2.45) is 4.99 Å². The summed E-state index contributed by atoms with van der Waals surface area (Å²) in [5.41, 5.74) is 1.64. The first-order valence-electron chi connectivity index (χ1n) is 9.27. The number of carbonyl (C=O) groups excluding carboxylic acids is 2. The van der Waals surface area contributed by atoms with Crippen LogP contribution in [0.15, 0.2) is 35.3 Å². The van der Waals surface area contributed by atoms with Gasteiger partial charge in [0.15, 0.2) is 0 Å². The lowest BCUT2D eigenvalue weighted by Gasteiger charge is -2.28. The average molecular weight is 416 g/mol. The largest absolute Gasteiger partial charge is 0.369 e. The van der Waals surface area contributed by atoms with E-state index in [1.165, 1.54) is 7.05 Å². The second-order valence-electron chi connectivity index (χ2n) is 6.36. The van der Waals surface area contributed by atoms with Crippen LogP contribution in [0.5, 0.6) is 0 Å². The fourth-order valence-electron chi connectivity index (χ4n) is 3.21. The monoisotopic (exact) mass is 416 g/mol. The highest BCUT2D eigenvalue weighted by atomic mass is 17.2. The van der Waals surface area contributed by atoms with Gasteiger partial charge in [-0.25, -0.2) is 0 Å². The average Bonchev–Trinajstić information content (AvgIpc) is 2.76. The molecule has 0 aromatic heterocycles. The molecule has 0 aliphatic carbocycles. The highest BCUT2D eigenvalue weighted by molar-refractivity contribution is 6.26. The number of methoxy groups -OCH3 is 1. The van der Waals surface area contributed by atoms with Crippen LogP contribution in [-0.2, 0) is 19.3 Å². The predicted molar refractivity (Wildman–Crippen MR) is 110 cm³/mol. The summed E-state index contributed by atoms with van der Waals surface area (Å²) in [5, 5.41) is 5.90. The van der Waals surface area contributed by atoms with Crippen molar-refractivity contribution in [3.63, 3.8) is 0 Å². The highest BCUT2D eigenvalue weighted by Crippen LogP contribution is 2.35. The van der Waals surface area contributed by atoms with Gasteiger partial charge in [0.25, 0.3) is 11.8 Å². The van der Waals surface area contributed by atoms with Crippen LogP contribution in [0.1, 0.15) is 20.7 Å². The minimum Gasteiger partial charge on any atom is -0.369 e. The Morgan fingerprint density at radius 3 is 2.63 bits per heavy atom. The molecule has 1 aliphatic rings. The van der Waals surface area contributed by atoms with Gasteiger partial charge in [-0.3, -0.25) is 34.7 Å². The summed E-state index contributed by atoms with van der Waals surface area (Å²) in [6, 6.07) is 8.84. The second kappa shape index (κ2) is 10.1. The molecule has 0 saturated heterocycles. The number of ether oxygens (including phenoxy) is 1. The quantitative estimate of drug-likeness (QED) is 0.112. The predicted octanol–water partition coefficient (Wildman–Crippen LogP) is 1.56. The Balaban J connectivity index is 1.85. The Labute approximate surface area is 173 Å². The van der Waals surface area contributed by atoms with Crippen LogP contribution < -0.4 is 10.4 Å². The first kappa shape index (κ1) is 21.7. The Hall–Kier alpha value is -3.05. The van der Waals surface area contributed by atoms with E-state index in [4.69, 9.17) is 14.5 Å². The lowest BCUT2D eigenvalue weighted by atomic mass is 9.93. The van der Waals surface area contributed by atoms with Gasteiger partial charge in [0.05, 0.1) is 19.0 Å². The Morgan fingerprint density at radius 2 is 1.90 bits per heavy atom. The van der Waals surface area contributed by atoms with Gasteiger partial charge < -0.3 is 9.62 Å². The van der Waals surface area contributed by atoms with Gasteiger partial charge in [-0.1, -0.05) is 12.1 Å². The van der Waals surface area contributed by atoms with E-state index in [0.29, 0.717) is 23.2 Å². The fourth-order valence-corrected chi connectivity index (χ4v) is 3.21. The summed E-state index contributed by atoms with van der Waals surface area (Å²) < 4.78 is 4.92. The molecule has 0 fully saturated rings. The number of nitrogens with one attached hydrogen (secondary N) is 1. The van der Waals surface area contributed by atoms with Crippen LogP contribution in [-0.4, -0.2) is 70.9 Å². The third kappa shape index (κ3) is 4.41. The third-order valence-electron chi connectivity index (χ3n) is 4.53. The number of rotatable bonds is 11. The molecule has 3 rings (SSSR count). The third-order valence-corrected chi connectivity index (χ3v) is 4.53. The molecule has 0 saturated carbocycles. The standard InChI is InChI=1S/C20H24N4O6/c1-21-11-30-29-10-9-24-19(25)15-6-4-5-14-17(23(2)28-13-22-12-27-3)8-7-16(18(14)15)20(24)26/h4-8,11,22H,9-10,12-13H2,1-3H3/b21-11-. The number of benzene rings is 2. The molecule has 0 bridgehead atoms. The number of hydrogen-bond acceptors (Lipinski definition) is 9. The van der Waals surface area contributed by atoms with Crippen LogP contribution in [0, 0.1) is 0 Å². The number of amides is 2. The van der Waals surface area contributed by atoms with E-state index in [9.17, 15) is 9.59 Å². The minimum absolute atomic E-state index is 0.0257. The van der Waals surface area contributed by atoms with E-state index in [2.05, 4.69) is 15.2 Å². The number of hydroxylamine groups is 1. The number of hydrogen-bond donors (Lipinski definition) is 1. The first-order valence-corrected chi connectivity index (χ1v) is 9.27. The van der Waals surface area contributed by atoms with Crippen LogP contribution >= 0.6 is 0 Å². The van der Waals surface area contributed by atoms with Crippen molar-refractivity contribution < 1.29 is 28.9 Å². The van der Waals surface area contributed by atoms with E-state index in [-0.39, 0.29) is 31.7 Å². The van der Waals surface area contributed by atoms with Crippen molar-refractivity contribution in [3.8, 4) is 0 Å². The van der Waals surface area contributed by atoms with Gasteiger partial charge in [-0.2, -0.15) is 4.89 Å². The summed E-state index contributed by atoms with van der Waals surface area (Å²) in [6.45, 7) is 0.680. The van der Waals surface area contributed by atoms with E-state index in [1.807, 2.05) is 6.07 Å². The van der Waals surface area contributed by atoms with Gasteiger partial charge in [0.1, 0.15) is 13.3 Å². The van der Waals surface area contributed by atoms with E-state index >= 15 is 0 Å². The number of anilines is 1. The molecule has 2 aromatic carbocycles. The lowest BCUT2D eigenvalue weighted by Crippen LogP contribution is -2.42. The minimum atomic E-state index is -0.381. The Bertz CT molecular complexity index is 926. The second-order valence-corrected chi connectivity index (χ2v) is 6.36. The zero-order valence-corrected chi connectivity index (χ0v) is 17.1. The molecule has 0 spiro atoms. The molecular weight excluding hydrogens is 392 g/mol. The first-order chi connectivity index (χ1) is 14.6. The highest BCUT2D eigenvalue weighted by Gasteiger charge is 2.33. The van der Waals surface area contributed by atoms with Crippen molar-refractivity contribution in [1.29, 1.82) is 0 Å². The van der Waals surface area contributed by atoms with Crippen molar-refractivity contribution in [2.45, 2.75) is 0 Å². The summed E-state index contributed by atoms with van der Waals surface area (Å²) >= 11 is 0. The number of imide groups is 1. The molecule has 2 aromatic rings. The maximum atomic E-state index is 13.0. The van der Waals surface area contributed by atoms with Crippen LogP contribution in [0.25, 0.3) is 10.8 Å². The molecule has 0 unspecified atom stereocenters. The summed E-state index contributed by atoms with van der Waals surface area (Å²) in [4.78, 5) is 46.0. The molecule has 0 radical (unpaired) electrons. The summed E-state index contributed by atoms with van der Waals surface area (Å²) in [5.74, 6) is -0.762. The topological polar surface area (TPSA) is 102 Å². The smallest absolute Gasteiger partial charge is 0.261 e. The number of carbonyl (C=O) groups is 2. The number of nitrogens with zero attached hydrogens (tertiary/aromatic N) is 3. The Kier molecular flexibility index (Phi) is 7.31. The number of aliphatic imine (C=N–C) groups is 1. The van der Waals surface area contributed by atoms with Crippen molar-refractivity contribution in [3.05, 3.63) is 41.5 Å². The summed E-state index contributed by atoms with van der Waals surface area (Å²) in [7, 11) is 4.87. The SMILES string of the molecule is C/N=C\OOCCN1C(=O)c2cccc3c(N(C)OCNCOC)ccc(c23)C1=O. The maximum Gasteiger partial charge on any atom is 0.261 e. The van der Waals surface area contributed by atoms with Crippen LogP contribution in [0.4, 0.5) is 5.69 Å². The van der Waals surface area contributed by atoms with Crippen molar-refractivity contribution in [2.75, 3.05) is 52.9 Å². The molecule has 1 aliphatic heterocycles. The van der Waals surface area contributed by atoms with Crippen LogP contribution in [0.3, 0.4) is 0 Å². The Morgan fingerprint density at radius 1 is 1.13 bits per heavy atom. The van der Waals surface area contributed by atoms with E-state index in [1.54, 1.807) is 43.5 Å². The van der Waals surface area contributed by atoms with Crippen molar-refractivity contribution >= 4 is 34.7 Å². The van der Waals surface area contributed by atoms with Crippen molar-refractivity contribution in [1.82, 2.24) is 10.2 Å². The molecule has 10 nitrogen and oxygen atoms in total. The molecule has 1 heterocycles. The fraction of sp³-hybridized carbons (Fsp3) is 0.350.